The molecule has 2 unspecified atom stereocenters. The lowest BCUT2D eigenvalue weighted by Crippen LogP contribution is -2.48. The van der Waals surface area contributed by atoms with Crippen molar-refractivity contribution in [1.29, 1.82) is 0 Å². The first-order chi connectivity index (χ1) is 9.81. The first kappa shape index (κ1) is 13.2. The fourth-order valence-electron chi connectivity index (χ4n) is 3.77. The molecule has 1 saturated carbocycles. The molecule has 108 valence electrons. The lowest BCUT2D eigenvalue weighted by Gasteiger charge is -2.45. The number of hydrogen-bond donors (Lipinski definition) is 2. The van der Waals surface area contributed by atoms with Crippen molar-refractivity contribution in [2.45, 2.75) is 44.6 Å². The highest BCUT2D eigenvalue weighted by atomic mass is 16.4. The van der Waals surface area contributed by atoms with Gasteiger partial charge in [0, 0.05) is 18.8 Å². The Morgan fingerprint density at radius 2 is 2.10 bits per heavy atom. The number of piperidine rings is 1. The SMILES string of the molecule is N/C(=N\O)c1cccnc1N1CCCC2CCCCC21. The summed E-state index contributed by atoms with van der Waals surface area (Å²) in [5.41, 5.74) is 6.54. The molecule has 3 rings (SSSR count). The highest BCUT2D eigenvalue weighted by Crippen LogP contribution is 2.37. The standard InChI is InChI=1S/C15H22N4O/c16-14(18-20)12-7-3-9-17-15(12)19-10-4-6-11-5-1-2-8-13(11)19/h3,7,9,11,13,20H,1-2,4-6,8,10H2,(H2,16,18). The number of rotatable bonds is 2. The van der Waals surface area contributed by atoms with E-state index in [-0.39, 0.29) is 5.84 Å². The normalized spacial score (nSPS) is 27.2. The number of anilines is 1. The molecular weight excluding hydrogens is 252 g/mol. The van der Waals surface area contributed by atoms with Gasteiger partial charge in [0.2, 0.25) is 0 Å². The molecule has 5 nitrogen and oxygen atoms in total. The van der Waals surface area contributed by atoms with Gasteiger partial charge >= 0.3 is 0 Å². The fraction of sp³-hybridized carbons (Fsp3) is 0.600. The molecule has 1 saturated heterocycles. The van der Waals surface area contributed by atoms with Gasteiger partial charge in [-0.2, -0.15) is 0 Å². The van der Waals surface area contributed by atoms with Crippen LogP contribution in [0.1, 0.15) is 44.1 Å². The minimum Gasteiger partial charge on any atom is -0.409 e. The summed E-state index contributed by atoms with van der Waals surface area (Å²) in [5.74, 6) is 1.80. The quantitative estimate of drug-likeness (QED) is 0.376. The summed E-state index contributed by atoms with van der Waals surface area (Å²) in [6, 6.07) is 4.28. The van der Waals surface area contributed by atoms with E-state index in [0.29, 0.717) is 6.04 Å². The Morgan fingerprint density at radius 3 is 2.95 bits per heavy atom. The molecule has 0 aromatic carbocycles. The second kappa shape index (κ2) is 5.69. The summed E-state index contributed by atoms with van der Waals surface area (Å²) >= 11 is 0. The summed E-state index contributed by atoms with van der Waals surface area (Å²) in [6.45, 7) is 1.02. The zero-order valence-corrected chi connectivity index (χ0v) is 11.7. The van der Waals surface area contributed by atoms with E-state index >= 15 is 0 Å². The maximum Gasteiger partial charge on any atom is 0.173 e. The second-order valence-electron chi connectivity index (χ2n) is 5.81. The number of fused-ring (bicyclic) bond motifs is 1. The average molecular weight is 274 g/mol. The monoisotopic (exact) mass is 274 g/mol. The third kappa shape index (κ3) is 2.32. The van der Waals surface area contributed by atoms with Gasteiger partial charge in [0.15, 0.2) is 5.84 Å². The molecule has 0 amide bonds. The van der Waals surface area contributed by atoms with Gasteiger partial charge in [-0.15, -0.1) is 0 Å². The number of aromatic nitrogens is 1. The average Bonchev–Trinajstić information content (AvgIpc) is 2.53. The van der Waals surface area contributed by atoms with Gasteiger partial charge < -0.3 is 15.8 Å². The van der Waals surface area contributed by atoms with Crippen molar-refractivity contribution in [1.82, 2.24) is 4.98 Å². The molecule has 2 fully saturated rings. The van der Waals surface area contributed by atoms with Crippen molar-refractivity contribution in [3.8, 4) is 0 Å². The van der Waals surface area contributed by atoms with Crippen molar-refractivity contribution in [3.63, 3.8) is 0 Å². The highest BCUT2D eigenvalue weighted by molar-refractivity contribution is 6.01. The Morgan fingerprint density at radius 1 is 1.30 bits per heavy atom. The molecule has 1 aromatic heterocycles. The van der Waals surface area contributed by atoms with Crippen LogP contribution in [0, 0.1) is 5.92 Å². The topological polar surface area (TPSA) is 74.7 Å². The van der Waals surface area contributed by atoms with Crippen molar-refractivity contribution < 1.29 is 5.21 Å². The lowest BCUT2D eigenvalue weighted by atomic mass is 9.78. The summed E-state index contributed by atoms with van der Waals surface area (Å²) in [6.07, 6.45) is 9.52. The third-order valence-corrected chi connectivity index (χ3v) is 4.69. The molecule has 0 spiro atoms. The molecule has 1 aromatic rings. The van der Waals surface area contributed by atoms with E-state index in [9.17, 15) is 0 Å². The Balaban J connectivity index is 1.95. The zero-order valence-electron chi connectivity index (χ0n) is 11.7. The predicted octanol–water partition coefficient (Wildman–Crippen LogP) is 2.34. The van der Waals surface area contributed by atoms with Gasteiger partial charge in [0.05, 0.1) is 5.56 Å². The van der Waals surface area contributed by atoms with Crippen molar-refractivity contribution >= 4 is 11.7 Å². The number of pyridine rings is 1. The molecule has 0 bridgehead atoms. The summed E-state index contributed by atoms with van der Waals surface area (Å²) < 4.78 is 0. The molecule has 2 heterocycles. The van der Waals surface area contributed by atoms with Gasteiger partial charge in [-0.3, -0.25) is 0 Å². The van der Waals surface area contributed by atoms with Gasteiger partial charge in [-0.25, -0.2) is 4.98 Å². The molecular formula is C15H22N4O. The van der Waals surface area contributed by atoms with Crippen LogP contribution in [0.5, 0.6) is 0 Å². The van der Waals surface area contributed by atoms with Gasteiger partial charge in [-0.05, 0) is 43.7 Å². The summed E-state index contributed by atoms with van der Waals surface area (Å²) in [5, 5.41) is 12.1. The van der Waals surface area contributed by atoms with Crippen LogP contribution in [0.3, 0.4) is 0 Å². The van der Waals surface area contributed by atoms with Crippen LogP contribution in [0.25, 0.3) is 0 Å². The number of amidine groups is 1. The lowest BCUT2D eigenvalue weighted by molar-refractivity contribution is 0.242. The van der Waals surface area contributed by atoms with E-state index in [2.05, 4.69) is 15.0 Å². The van der Waals surface area contributed by atoms with Crippen LogP contribution in [-0.4, -0.2) is 28.6 Å². The van der Waals surface area contributed by atoms with Crippen LogP contribution < -0.4 is 10.6 Å². The number of hydrogen-bond acceptors (Lipinski definition) is 4. The predicted molar refractivity (Wildman–Crippen MR) is 79.1 cm³/mol. The maximum atomic E-state index is 8.96. The number of nitrogens with zero attached hydrogens (tertiary/aromatic N) is 3. The molecule has 5 heteroatoms. The van der Waals surface area contributed by atoms with Gasteiger partial charge in [0.25, 0.3) is 0 Å². The van der Waals surface area contributed by atoms with E-state index in [0.717, 1.165) is 23.8 Å². The van der Waals surface area contributed by atoms with Crippen LogP contribution >= 0.6 is 0 Å². The smallest absolute Gasteiger partial charge is 0.173 e. The molecule has 2 aliphatic rings. The van der Waals surface area contributed by atoms with E-state index in [1.807, 2.05) is 12.1 Å². The number of oxime groups is 1. The Bertz CT molecular complexity index is 500. The first-order valence-electron chi connectivity index (χ1n) is 7.51. The Hall–Kier alpha value is -1.78. The van der Waals surface area contributed by atoms with Crippen molar-refractivity contribution in [2.75, 3.05) is 11.4 Å². The highest BCUT2D eigenvalue weighted by Gasteiger charge is 2.34. The Labute approximate surface area is 119 Å². The van der Waals surface area contributed by atoms with Gasteiger partial charge in [-0.1, -0.05) is 18.0 Å². The first-order valence-corrected chi connectivity index (χ1v) is 7.51. The minimum absolute atomic E-state index is 0.144. The molecule has 0 radical (unpaired) electrons. The molecule has 1 aliphatic heterocycles. The van der Waals surface area contributed by atoms with Crippen LogP contribution in [0.15, 0.2) is 23.5 Å². The Kier molecular flexibility index (Phi) is 3.76. The number of nitrogens with two attached hydrogens (primary N) is 1. The van der Waals surface area contributed by atoms with E-state index in [1.165, 1.54) is 38.5 Å². The second-order valence-corrected chi connectivity index (χ2v) is 5.81. The third-order valence-electron chi connectivity index (χ3n) is 4.69. The molecule has 2 atom stereocenters. The van der Waals surface area contributed by atoms with Crippen molar-refractivity contribution in [3.05, 3.63) is 23.9 Å². The molecule has 1 aliphatic carbocycles. The van der Waals surface area contributed by atoms with Crippen LogP contribution in [0.2, 0.25) is 0 Å². The fourth-order valence-corrected chi connectivity index (χ4v) is 3.77. The summed E-state index contributed by atoms with van der Waals surface area (Å²) in [4.78, 5) is 6.91. The summed E-state index contributed by atoms with van der Waals surface area (Å²) in [7, 11) is 0. The minimum atomic E-state index is 0.144. The van der Waals surface area contributed by atoms with E-state index < -0.39 is 0 Å². The zero-order chi connectivity index (χ0) is 13.9. The van der Waals surface area contributed by atoms with E-state index in [4.69, 9.17) is 10.9 Å². The molecule has 20 heavy (non-hydrogen) atoms. The van der Waals surface area contributed by atoms with Crippen LogP contribution in [-0.2, 0) is 0 Å². The van der Waals surface area contributed by atoms with Crippen LogP contribution in [0.4, 0.5) is 5.82 Å². The largest absolute Gasteiger partial charge is 0.409 e. The van der Waals surface area contributed by atoms with Gasteiger partial charge in [0.1, 0.15) is 5.82 Å². The van der Waals surface area contributed by atoms with Crippen molar-refractivity contribution in [2.24, 2.45) is 16.8 Å². The molecule has 3 N–H and O–H groups in total. The maximum absolute atomic E-state index is 8.96. The van der Waals surface area contributed by atoms with E-state index in [1.54, 1.807) is 6.20 Å².